The van der Waals surface area contributed by atoms with E-state index in [0.717, 1.165) is 25.7 Å². The SMILES string of the molecule is CC(C)(C)c1ccc(OCC(=O)NC(=S)NNC(=O)C2CCCCC2)cc1. The molecule has 2 rings (SSSR count). The Bertz CT molecular complexity index is 662. The summed E-state index contributed by atoms with van der Waals surface area (Å²) in [6, 6.07) is 7.66. The number of benzene rings is 1. The van der Waals surface area contributed by atoms with E-state index >= 15 is 0 Å². The molecule has 2 amide bonds. The smallest absolute Gasteiger partial charge is 0.264 e. The van der Waals surface area contributed by atoms with Crippen molar-refractivity contribution in [2.24, 2.45) is 5.92 Å². The number of hydrogen-bond donors (Lipinski definition) is 3. The molecule has 1 aliphatic rings. The normalized spacial score (nSPS) is 14.9. The minimum absolute atomic E-state index is 0.0177. The van der Waals surface area contributed by atoms with Crippen molar-refractivity contribution < 1.29 is 14.3 Å². The van der Waals surface area contributed by atoms with E-state index in [1.807, 2.05) is 24.3 Å². The number of nitrogens with one attached hydrogen (secondary N) is 3. The summed E-state index contributed by atoms with van der Waals surface area (Å²) >= 11 is 5.03. The van der Waals surface area contributed by atoms with Gasteiger partial charge in [-0.25, -0.2) is 0 Å². The van der Waals surface area contributed by atoms with Crippen molar-refractivity contribution in [3.8, 4) is 5.75 Å². The van der Waals surface area contributed by atoms with E-state index in [1.165, 1.54) is 12.0 Å². The Morgan fingerprint density at radius 1 is 1.07 bits per heavy atom. The van der Waals surface area contributed by atoms with Crippen LogP contribution in [0, 0.1) is 5.92 Å². The molecule has 0 saturated heterocycles. The highest BCUT2D eigenvalue weighted by Gasteiger charge is 2.21. The van der Waals surface area contributed by atoms with E-state index in [0.29, 0.717) is 5.75 Å². The molecule has 0 bridgehead atoms. The average Bonchev–Trinajstić information content (AvgIpc) is 2.65. The quantitative estimate of drug-likeness (QED) is 0.543. The fourth-order valence-corrected chi connectivity index (χ4v) is 3.14. The van der Waals surface area contributed by atoms with Gasteiger partial charge in [-0.05, 0) is 48.2 Å². The van der Waals surface area contributed by atoms with Crippen molar-refractivity contribution in [3.63, 3.8) is 0 Å². The molecule has 3 N–H and O–H groups in total. The molecule has 6 nitrogen and oxygen atoms in total. The summed E-state index contributed by atoms with van der Waals surface area (Å²) in [5.74, 6) is 0.160. The molecule has 1 fully saturated rings. The molecule has 0 unspecified atom stereocenters. The van der Waals surface area contributed by atoms with Crippen LogP contribution in [0.1, 0.15) is 58.4 Å². The van der Waals surface area contributed by atoms with Crippen molar-refractivity contribution in [2.75, 3.05) is 6.61 Å². The van der Waals surface area contributed by atoms with Gasteiger partial charge < -0.3 is 4.74 Å². The molecular weight excluding hydrogens is 362 g/mol. The maximum absolute atomic E-state index is 12.0. The lowest BCUT2D eigenvalue weighted by Gasteiger charge is -2.21. The van der Waals surface area contributed by atoms with Gasteiger partial charge in [0.25, 0.3) is 5.91 Å². The zero-order chi connectivity index (χ0) is 19.9. The first kappa shape index (κ1) is 21.2. The first-order valence-corrected chi connectivity index (χ1v) is 9.79. The summed E-state index contributed by atoms with van der Waals surface area (Å²) in [5, 5.41) is 2.54. The largest absolute Gasteiger partial charge is 0.484 e. The van der Waals surface area contributed by atoms with Crippen LogP contribution in [0.5, 0.6) is 5.75 Å². The highest BCUT2D eigenvalue weighted by Crippen LogP contribution is 2.24. The third kappa shape index (κ3) is 7.17. The van der Waals surface area contributed by atoms with E-state index in [1.54, 1.807) is 0 Å². The predicted molar refractivity (Wildman–Crippen MR) is 109 cm³/mol. The van der Waals surface area contributed by atoms with Gasteiger partial charge in [0.2, 0.25) is 5.91 Å². The molecule has 0 aliphatic heterocycles. The second-order valence-corrected chi connectivity index (χ2v) is 8.30. The van der Waals surface area contributed by atoms with Gasteiger partial charge in [-0.2, -0.15) is 0 Å². The van der Waals surface area contributed by atoms with Crippen LogP contribution >= 0.6 is 12.2 Å². The van der Waals surface area contributed by atoms with Gasteiger partial charge in [-0.1, -0.05) is 52.2 Å². The summed E-state index contributed by atoms with van der Waals surface area (Å²) in [4.78, 5) is 23.9. The number of carbonyl (C=O) groups is 2. The molecule has 0 radical (unpaired) electrons. The van der Waals surface area contributed by atoms with Crippen LogP contribution in [0.15, 0.2) is 24.3 Å². The van der Waals surface area contributed by atoms with Crippen molar-refractivity contribution >= 4 is 29.1 Å². The molecule has 0 aromatic heterocycles. The Labute approximate surface area is 166 Å². The lowest BCUT2D eigenvalue weighted by atomic mass is 9.87. The molecule has 1 aromatic rings. The van der Waals surface area contributed by atoms with Gasteiger partial charge >= 0.3 is 0 Å². The van der Waals surface area contributed by atoms with Crippen LogP contribution in [0.2, 0.25) is 0 Å². The van der Waals surface area contributed by atoms with Crippen molar-refractivity contribution in [1.82, 2.24) is 16.2 Å². The predicted octanol–water partition coefficient (Wildman–Crippen LogP) is 2.97. The maximum Gasteiger partial charge on any atom is 0.264 e. The van der Waals surface area contributed by atoms with Gasteiger partial charge in [0.15, 0.2) is 11.7 Å². The molecule has 7 heteroatoms. The Morgan fingerprint density at radius 2 is 1.70 bits per heavy atom. The van der Waals surface area contributed by atoms with Crippen LogP contribution in [0.3, 0.4) is 0 Å². The molecule has 1 aromatic carbocycles. The van der Waals surface area contributed by atoms with Crippen LogP contribution < -0.4 is 20.9 Å². The summed E-state index contributed by atoms with van der Waals surface area (Å²) in [6.07, 6.45) is 5.13. The first-order chi connectivity index (χ1) is 12.8. The van der Waals surface area contributed by atoms with Crippen LogP contribution in [0.25, 0.3) is 0 Å². The number of thiocarbonyl (C=S) groups is 1. The lowest BCUT2D eigenvalue weighted by molar-refractivity contribution is -0.126. The summed E-state index contributed by atoms with van der Waals surface area (Å²) in [6.45, 7) is 6.25. The Kier molecular flexibility index (Phi) is 7.59. The molecule has 27 heavy (non-hydrogen) atoms. The van der Waals surface area contributed by atoms with Gasteiger partial charge in [0, 0.05) is 5.92 Å². The fourth-order valence-electron chi connectivity index (χ4n) is 2.98. The van der Waals surface area contributed by atoms with Crippen molar-refractivity contribution in [1.29, 1.82) is 0 Å². The second kappa shape index (κ2) is 9.69. The molecule has 0 heterocycles. The Hall–Kier alpha value is -2.15. The third-order valence-electron chi connectivity index (χ3n) is 4.62. The average molecular weight is 392 g/mol. The van der Waals surface area contributed by atoms with E-state index in [-0.39, 0.29) is 34.9 Å². The van der Waals surface area contributed by atoms with Crippen molar-refractivity contribution in [2.45, 2.75) is 58.3 Å². The van der Waals surface area contributed by atoms with Crippen LogP contribution in [0.4, 0.5) is 0 Å². The van der Waals surface area contributed by atoms with Gasteiger partial charge in [0.05, 0.1) is 0 Å². The highest BCUT2D eigenvalue weighted by atomic mass is 32.1. The molecule has 1 saturated carbocycles. The first-order valence-electron chi connectivity index (χ1n) is 9.39. The number of amides is 2. The third-order valence-corrected chi connectivity index (χ3v) is 4.82. The Morgan fingerprint density at radius 3 is 2.30 bits per heavy atom. The maximum atomic E-state index is 12.0. The van der Waals surface area contributed by atoms with Crippen LogP contribution in [-0.2, 0) is 15.0 Å². The zero-order valence-corrected chi connectivity index (χ0v) is 17.1. The van der Waals surface area contributed by atoms with E-state index in [2.05, 4.69) is 36.9 Å². The van der Waals surface area contributed by atoms with Gasteiger partial charge in [-0.3, -0.25) is 25.8 Å². The molecule has 1 aliphatic carbocycles. The zero-order valence-electron chi connectivity index (χ0n) is 16.3. The summed E-state index contributed by atoms with van der Waals surface area (Å²) < 4.78 is 5.47. The fraction of sp³-hybridized carbons (Fsp3) is 0.550. The number of hydrazine groups is 1. The topological polar surface area (TPSA) is 79.5 Å². The van der Waals surface area contributed by atoms with Gasteiger partial charge in [-0.15, -0.1) is 0 Å². The number of carbonyl (C=O) groups excluding carboxylic acids is 2. The minimum Gasteiger partial charge on any atom is -0.484 e. The van der Waals surface area contributed by atoms with E-state index < -0.39 is 0 Å². The number of ether oxygens (including phenoxy) is 1. The van der Waals surface area contributed by atoms with E-state index in [9.17, 15) is 9.59 Å². The standard InChI is InChI=1S/C20H29N3O3S/c1-20(2,3)15-9-11-16(12-10-15)26-13-17(24)21-19(27)23-22-18(25)14-7-5-4-6-8-14/h9-12,14H,4-8,13H2,1-3H3,(H,22,25)(H2,21,23,24,27). The highest BCUT2D eigenvalue weighted by molar-refractivity contribution is 7.80. The van der Waals surface area contributed by atoms with Crippen molar-refractivity contribution in [3.05, 3.63) is 29.8 Å². The minimum atomic E-state index is -0.390. The number of rotatable bonds is 4. The molecule has 148 valence electrons. The molecular formula is C20H29N3O3S. The summed E-state index contributed by atoms with van der Waals surface area (Å²) in [7, 11) is 0. The Balaban J connectivity index is 1.68. The van der Waals surface area contributed by atoms with E-state index in [4.69, 9.17) is 17.0 Å². The van der Waals surface area contributed by atoms with Gasteiger partial charge in [0.1, 0.15) is 5.75 Å². The second-order valence-electron chi connectivity index (χ2n) is 7.89. The molecule has 0 atom stereocenters. The van der Waals surface area contributed by atoms with Crippen LogP contribution in [-0.4, -0.2) is 23.5 Å². The lowest BCUT2D eigenvalue weighted by Crippen LogP contribution is -2.51. The summed E-state index contributed by atoms with van der Waals surface area (Å²) in [5.41, 5.74) is 6.40. The number of hydrogen-bond acceptors (Lipinski definition) is 4. The molecule has 0 spiro atoms. The monoisotopic (exact) mass is 391 g/mol.